The molecule has 2 aliphatic carbocycles. The van der Waals surface area contributed by atoms with Gasteiger partial charge in [0.1, 0.15) is 17.1 Å². The molecule has 0 bridgehead atoms. The van der Waals surface area contributed by atoms with E-state index in [2.05, 4.69) is 5.48 Å². The van der Waals surface area contributed by atoms with Crippen LogP contribution >= 0.6 is 0 Å². The van der Waals surface area contributed by atoms with Gasteiger partial charge in [0, 0.05) is 6.42 Å². The lowest BCUT2D eigenvalue weighted by atomic mass is 9.73. The van der Waals surface area contributed by atoms with Gasteiger partial charge >= 0.3 is 17.9 Å². The highest BCUT2D eigenvalue weighted by atomic mass is 16.8. The summed E-state index contributed by atoms with van der Waals surface area (Å²) in [6.07, 6.45) is 8.29. The zero-order valence-electron chi connectivity index (χ0n) is 22.6. The summed E-state index contributed by atoms with van der Waals surface area (Å²) in [6, 6.07) is -0.846. The normalized spacial score (nSPS) is 31.5. The second kappa shape index (κ2) is 13.9. The standard InChI is InChI=1S/C16H21NO8.C11H14O5/c1-23-15(22)16-5-4-10(8-18)13(16)14(24-7-6-16)25-17-11(9-19)2-3-12(20)21;1-15-10(14)11-3-2-7(6-12)8(11)9(13)16-5-4-11/h4,6-7,9,11,13-14,17-18H,2-3,5,8H2,1H3,(H,20,21);2,4-5,8-9,12-13H,3,6H2,1H3/t11-,13?,14?,16?;/m1./s1. The molecule has 14 nitrogen and oxygen atoms in total. The number of aldehydes is 1. The molecule has 41 heavy (non-hydrogen) atoms. The molecule has 0 aromatic rings. The van der Waals surface area contributed by atoms with Gasteiger partial charge in [0.15, 0.2) is 0 Å². The first-order valence-corrected chi connectivity index (χ1v) is 12.8. The second-order valence-electron chi connectivity index (χ2n) is 9.85. The maximum atomic E-state index is 12.3. The van der Waals surface area contributed by atoms with Crippen molar-refractivity contribution < 1.29 is 63.4 Å². The minimum atomic E-state index is -1.12. The average Bonchev–Trinajstić information content (AvgIpc) is 3.58. The van der Waals surface area contributed by atoms with Gasteiger partial charge in [-0.15, -0.1) is 0 Å². The topological polar surface area (TPSA) is 207 Å². The van der Waals surface area contributed by atoms with E-state index in [1.165, 1.54) is 26.7 Å². The molecule has 4 aliphatic rings. The summed E-state index contributed by atoms with van der Waals surface area (Å²) in [7, 11) is 2.58. The molecule has 5 N–H and O–H groups in total. The third-order valence-electron chi connectivity index (χ3n) is 7.70. The lowest BCUT2D eigenvalue weighted by Gasteiger charge is -2.39. The van der Waals surface area contributed by atoms with Crippen molar-refractivity contribution in [2.45, 2.75) is 44.3 Å². The quantitative estimate of drug-likeness (QED) is 0.0931. The summed E-state index contributed by atoms with van der Waals surface area (Å²) in [5.41, 5.74) is 1.68. The molecule has 0 aromatic carbocycles. The first-order chi connectivity index (χ1) is 19.6. The second-order valence-corrected chi connectivity index (χ2v) is 9.85. The van der Waals surface area contributed by atoms with E-state index >= 15 is 0 Å². The van der Waals surface area contributed by atoms with Gasteiger partial charge in [-0.25, -0.2) is 0 Å². The third-order valence-corrected chi connectivity index (χ3v) is 7.70. The van der Waals surface area contributed by atoms with Gasteiger partial charge in [0.2, 0.25) is 12.6 Å². The van der Waals surface area contributed by atoms with E-state index in [0.29, 0.717) is 30.3 Å². The number of methoxy groups -OCH3 is 2. The fraction of sp³-hybridized carbons (Fsp3) is 0.556. The number of rotatable bonds is 11. The Balaban J connectivity index is 0.000000248. The van der Waals surface area contributed by atoms with Crippen molar-refractivity contribution in [2.75, 3.05) is 27.4 Å². The Kier molecular flexibility index (Phi) is 10.8. The maximum Gasteiger partial charge on any atom is 0.316 e. The molecule has 6 unspecified atom stereocenters. The molecule has 0 fully saturated rings. The predicted octanol–water partition coefficient (Wildman–Crippen LogP) is -0.145. The Morgan fingerprint density at radius 3 is 2.05 bits per heavy atom. The maximum absolute atomic E-state index is 12.3. The van der Waals surface area contributed by atoms with E-state index in [1.807, 2.05) is 0 Å². The molecule has 0 radical (unpaired) electrons. The van der Waals surface area contributed by atoms with E-state index < -0.39 is 59.2 Å². The summed E-state index contributed by atoms with van der Waals surface area (Å²) < 4.78 is 20.0. The molecule has 0 aromatic heterocycles. The highest BCUT2D eigenvalue weighted by Gasteiger charge is 2.56. The number of hydrogen-bond acceptors (Lipinski definition) is 13. The van der Waals surface area contributed by atoms with E-state index in [1.54, 1.807) is 24.3 Å². The number of ether oxygens (including phenoxy) is 4. The molecule has 0 saturated heterocycles. The van der Waals surface area contributed by atoms with Crippen molar-refractivity contribution in [3.63, 3.8) is 0 Å². The van der Waals surface area contributed by atoms with Crippen LogP contribution < -0.4 is 5.48 Å². The summed E-state index contributed by atoms with van der Waals surface area (Å²) >= 11 is 0. The van der Waals surface area contributed by atoms with Gasteiger partial charge in [0.05, 0.1) is 57.8 Å². The van der Waals surface area contributed by atoms with Crippen molar-refractivity contribution in [3.8, 4) is 0 Å². The van der Waals surface area contributed by atoms with Crippen molar-refractivity contribution in [1.82, 2.24) is 5.48 Å². The largest absolute Gasteiger partial charge is 0.481 e. The van der Waals surface area contributed by atoms with Gasteiger partial charge in [-0.3, -0.25) is 19.2 Å². The summed E-state index contributed by atoms with van der Waals surface area (Å²) in [4.78, 5) is 51.2. The van der Waals surface area contributed by atoms with Crippen molar-refractivity contribution >= 4 is 24.2 Å². The van der Waals surface area contributed by atoms with Gasteiger partial charge in [-0.1, -0.05) is 12.2 Å². The van der Waals surface area contributed by atoms with Crippen molar-refractivity contribution in [2.24, 2.45) is 22.7 Å². The lowest BCUT2D eigenvalue weighted by molar-refractivity contribution is -0.208. The van der Waals surface area contributed by atoms with Crippen LogP contribution in [0.4, 0.5) is 0 Å². The fourth-order valence-corrected chi connectivity index (χ4v) is 5.55. The number of hydroxylamine groups is 1. The number of esters is 2. The Labute approximate surface area is 235 Å². The number of aliphatic hydroxyl groups is 3. The highest BCUT2D eigenvalue weighted by Crippen LogP contribution is 2.50. The van der Waals surface area contributed by atoms with Crippen molar-refractivity contribution in [3.05, 3.63) is 48.0 Å². The van der Waals surface area contributed by atoms with Crippen molar-refractivity contribution in [1.29, 1.82) is 0 Å². The molecule has 2 heterocycles. The molecule has 2 aliphatic heterocycles. The first-order valence-electron chi connectivity index (χ1n) is 12.8. The molecular formula is C27H35NO13. The SMILES string of the molecule is COC(=O)C12C=COC(O)C1C(CO)=CC2.COC(=O)C12C=COC(ON[C@@H](C=O)CCC(=O)O)C1C(CO)=CC2. The number of carbonyl (C=O) groups is 4. The highest BCUT2D eigenvalue weighted by molar-refractivity contribution is 5.82. The lowest BCUT2D eigenvalue weighted by Crippen LogP contribution is -2.48. The molecule has 7 atom stereocenters. The molecule has 226 valence electrons. The number of carboxylic acid groups (broad SMARTS) is 1. The van der Waals surface area contributed by atoms with Crippen LogP contribution in [0.2, 0.25) is 0 Å². The van der Waals surface area contributed by atoms with Crippen LogP contribution in [-0.2, 0) is 43.0 Å². The number of aliphatic carboxylic acids is 1. The number of nitrogens with one attached hydrogen (secondary N) is 1. The average molecular weight is 582 g/mol. The van der Waals surface area contributed by atoms with E-state index in [-0.39, 0.29) is 26.1 Å². The minimum Gasteiger partial charge on any atom is -0.481 e. The fourth-order valence-electron chi connectivity index (χ4n) is 5.55. The van der Waals surface area contributed by atoms with Gasteiger partial charge in [0.25, 0.3) is 0 Å². The van der Waals surface area contributed by atoms with E-state index in [9.17, 15) is 34.5 Å². The molecule has 0 amide bonds. The van der Waals surface area contributed by atoms with Crippen LogP contribution in [-0.4, -0.2) is 90.7 Å². The van der Waals surface area contributed by atoms with Crippen LogP contribution in [0.25, 0.3) is 0 Å². The van der Waals surface area contributed by atoms with Crippen LogP contribution in [0.5, 0.6) is 0 Å². The molecule has 4 rings (SSSR count). The monoisotopic (exact) mass is 581 g/mol. The van der Waals surface area contributed by atoms with Gasteiger partial charge in [-0.05, 0) is 42.6 Å². The third kappa shape index (κ3) is 6.36. The zero-order valence-corrected chi connectivity index (χ0v) is 22.6. The number of allylic oxidation sites excluding steroid dienone is 2. The summed E-state index contributed by atoms with van der Waals surface area (Å²) in [5, 5.41) is 37.2. The smallest absolute Gasteiger partial charge is 0.316 e. The van der Waals surface area contributed by atoms with Crippen LogP contribution in [0.3, 0.4) is 0 Å². The van der Waals surface area contributed by atoms with Crippen LogP contribution in [0, 0.1) is 22.7 Å². The van der Waals surface area contributed by atoms with E-state index in [4.69, 9.17) is 28.9 Å². The van der Waals surface area contributed by atoms with Crippen LogP contribution in [0.15, 0.2) is 48.0 Å². The van der Waals surface area contributed by atoms with Gasteiger partial charge < -0.3 is 44.2 Å². The van der Waals surface area contributed by atoms with Gasteiger partial charge in [-0.2, -0.15) is 5.48 Å². The predicted molar refractivity (Wildman–Crippen MR) is 137 cm³/mol. The first kappa shape index (κ1) is 32.0. The Morgan fingerprint density at radius 1 is 1.00 bits per heavy atom. The molecule has 0 spiro atoms. The minimum absolute atomic E-state index is 0.0386. The van der Waals surface area contributed by atoms with E-state index in [0.717, 1.165) is 0 Å². The number of aliphatic hydroxyl groups excluding tert-OH is 3. The van der Waals surface area contributed by atoms with Crippen LogP contribution in [0.1, 0.15) is 25.7 Å². The Morgan fingerprint density at radius 2 is 1.54 bits per heavy atom. The number of fused-ring (bicyclic) bond motifs is 2. The number of carboxylic acids is 1. The Bertz CT molecular complexity index is 1110. The zero-order chi connectivity index (χ0) is 30.2. The molecule has 0 saturated carbocycles. The Hall–Kier alpha value is -3.56. The number of hydrogen-bond donors (Lipinski definition) is 5. The number of carbonyl (C=O) groups excluding carboxylic acids is 3. The summed E-state index contributed by atoms with van der Waals surface area (Å²) in [6.45, 7) is -0.478. The molecule has 14 heteroatoms. The molecular weight excluding hydrogens is 546 g/mol. The summed E-state index contributed by atoms with van der Waals surface area (Å²) in [5.74, 6) is -3.13.